The fourth-order valence-corrected chi connectivity index (χ4v) is 6.75. The minimum Gasteiger partial charge on any atom is -0.377 e. The lowest BCUT2D eigenvalue weighted by molar-refractivity contribution is -0.117. The molecule has 1 N–H and O–H groups in total. The third kappa shape index (κ3) is 1.96. The average Bonchev–Trinajstić information content (AvgIpc) is 2.80. The molecule has 4 aliphatic carbocycles. The maximum Gasteiger partial charge on any atom is 0.155 e. The summed E-state index contributed by atoms with van der Waals surface area (Å²) in [6.07, 6.45) is 14.6. The normalized spacial score (nSPS) is 52.0. The van der Waals surface area contributed by atoms with Crippen LogP contribution < -0.4 is 0 Å². The minimum atomic E-state index is -0.912. The van der Waals surface area contributed by atoms with Crippen molar-refractivity contribution in [3.05, 3.63) is 11.6 Å². The van der Waals surface area contributed by atoms with Crippen LogP contribution in [0, 0.1) is 47.3 Å². The number of allylic oxidation sites excluding steroid dienone is 1. The number of carbonyl (C=O) groups excluding carboxylic acids is 1. The van der Waals surface area contributed by atoms with Gasteiger partial charge in [-0.3, -0.25) is 4.79 Å². The smallest absolute Gasteiger partial charge is 0.155 e. The molecule has 4 rings (SSSR count). The van der Waals surface area contributed by atoms with Crippen LogP contribution in [0.15, 0.2) is 11.6 Å². The maximum atomic E-state index is 11.8. The van der Waals surface area contributed by atoms with E-state index in [1.807, 2.05) is 6.08 Å². The number of rotatable bonds is 0. The molecule has 7 atom stereocenters. The third-order valence-electron chi connectivity index (χ3n) is 8.05. The van der Waals surface area contributed by atoms with E-state index in [1.165, 1.54) is 12.0 Å². The van der Waals surface area contributed by atoms with E-state index in [-0.39, 0.29) is 5.41 Å². The first-order chi connectivity index (χ1) is 10.9. The summed E-state index contributed by atoms with van der Waals surface area (Å²) in [7, 11) is 0. The number of carbonyl (C=O) groups is 1. The lowest BCUT2D eigenvalue weighted by atomic mass is 9.49. The topological polar surface area (TPSA) is 37.3 Å². The van der Waals surface area contributed by atoms with Crippen LogP contribution in [-0.2, 0) is 4.79 Å². The van der Waals surface area contributed by atoms with Gasteiger partial charge >= 0.3 is 0 Å². The molecule has 124 valence electrons. The number of hydrogen-bond donors (Lipinski definition) is 1. The van der Waals surface area contributed by atoms with Crippen molar-refractivity contribution in [2.24, 2.45) is 35.0 Å². The zero-order valence-corrected chi connectivity index (χ0v) is 14.3. The summed E-state index contributed by atoms with van der Waals surface area (Å²) in [5.41, 5.74) is 0.398. The highest BCUT2D eigenvalue weighted by atomic mass is 16.3. The van der Waals surface area contributed by atoms with Crippen LogP contribution in [0.4, 0.5) is 0 Å². The first-order valence-corrected chi connectivity index (χ1v) is 9.34. The van der Waals surface area contributed by atoms with Crippen molar-refractivity contribution in [2.45, 2.75) is 64.4 Å². The molecule has 3 fully saturated rings. The van der Waals surface area contributed by atoms with E-state index < -0.39 is 5.60 Å². The quantitative estimate of drug-likeness (QED) is 0.692. The summed E-state index contributed by atoms with van der Waals surface area (Å²) in [5, 5.41) is 11.0. The third-order valence-corrected chi connectivity index (χ3v) is 8.05. The predicted molar refractivity (Wildman–Crippen MR) is 90.4 cm³/mol. The lowest BCUT2D eigenvalue weighted by Crippen LogP contribution is -2.53. The molecule has 0 spiro atoms. The summed E-state index contributed by atoms with van der Waals surface area (Å²) < 4.78 is 0. The Hall–Kier alpha value is -1.07. The highest BCUT2D eigenvalue weighted by Crippen LogP contribution is 2.65. The molecule has 0 aromatic rings. The van der Waals surface area contributed by atoms with E-state index in [1.54, 1.807) is 0 Å². The Morgan fingerprint density at radius 3 is 2.78 bits per heavy atom. The van der Waals surface area contributed by atoms with Gasteiger partial charge in [0, 0.05) is 11.8 Å². The van der Waals surface area contributed by atoms with E-state index >= 15 is 0 Å². The van der Waals surface area contributed by atoms with Gasteiger partial charge in [-0.2, -0.15) is 0 Å². The van der Waals surface area contributed by atoms with Crippen LogP contribution >= 0.6 is 0 Å². The Labute approximate surface area is 139 Å². The van der Waals surface area contributed by atoms with Gasteiger partial charge < -0.3 is 5.11 Å². The van der Waals surface area contributed by atoms with Crippen molar-refractivity contribution < 1.29 is 9.90 Å². The van der Waals surface area contributed by atoms with Crippen LogP contribution in [-0.4, -0.2) is 16.5 Å². The Morgan fingerprint density at radius 2 is 2.04 bits per heavy atom. The van der Waals surface area contributed by atoms with Crippen molar-refractivity contribution in [1.29, 1.82) is 0 Å². The largest absolute Gasteiger partial charge is 0.377 e. The summed E-state index contributed by atoms with van der Waals surface area (Å²) in [5.74, 6) is 6.09. The second-order valence-electron chi connectivity index (χ2n) is 8.83. The van der Waals surface area contributed by atoms with Gasteiger partial charge in [-0.15, -0.1) is 6.42 Å². The minimum absolute atomic E-state index is 0.117. The van der Waals surface area contributed by atoms with E-state index in [0.717, 1.165) is 38.5 Å². The van der Waals surface area contributed by atoms with Crippen molar-refractivity contribution in [1.82, 2.24) is 0 Å². The molecule has 0 aromatic carbocycles. The van der Waals surface area contributed by atoms with Gasteiger partial charge in [0.05, 0.1) is 0 Å². The van der Waals surface area contributed by atoms with Gasteiger partial charge in [-0.1, -0.05) is 25.3 Å². The highest BCUT2D eigenvalue weighted by Gasteiger charge is 2.62. The molecule has 0 saturated heterocycles. The van der Waals surface area contributed by atoms with E-state index in [0.29, 0.717) is 35.4 Å². The molecule has 0 aromatic heterocycles. The Morgan fingerprint density at radius 1 is 1.26 bits per heavy atom. The molecule has 2 heteroatoms. The Kier molecular flexibility index (Phi) is 3.34. The summed E-state index contributed by atoms with van der Waals surface area (Å²) in [4.78, 5) is 11.8. The second kappa shape index (κ2) is 4.96. The molecule has 0 unspecified atom stereocenters. The predicted octanol–water partition coefficient (Wildman–Crippen LogP) is 3.74. The van der Waals surface area contributed by atoms with Crippen LogP contribution in [0.25, 0.3) is 0 Å². The number of hydrogen-bond acceptors (Lipinski definition) is 2. The van der Waals surface area contributed by atoms with Gasteiger partial charge in [-0.05, 0) is 74.2 Å². The second-order valence-corrected chi connectivity index (χ2v) is 8.83. The van der Waals surface area contributed by atoms with Gasteiger partial charge in [0.2, 0.25) is 0 Å². The zero-order chi connectivity index (χ0) is 16.4. The molecular weight excluding hydrogens is 284 g/mol. The lowest BCUT2D eigenvalue weighted by Gasteiger charge is -2.56. The summed E-state index contributed by atoms with van der Waals surface area (Å²) >= 11 is 0. The van der Waals surface area contributed by atoms with Crippen molar-refractivity contribution in [3.63, 3.8) is 0 Å². The highest BCUT2D eigenvalue weighted by molar-refractivity contribution is 5.91. The van der Waals surface area contributed by atoms with Crippen molar-refractivity contribution >= 4 is 5.78 Å². The Bertz CT molecular complexity index is 612. The number of aliphatic hydroxyl groups is 1. The van der Waals surface area contributed by atoms with Gasteiger partial charge in [0.25, 0.3) is 0 Å². The molecule has 0 amide bonds. The molecule has 0 bridgehead atoms. The number of fused-ring (bicyclic) bond motifs is 5. The molecule has 0 aliphatic heterocycles. The number of ketones is 1. The fraction of sp³-hybridized carbons (Fsp3) is 0.762. The summed E-state index contributed by atoms with van der Waals surface area (Å²) in [6, 6.07) is 0. The molecule has 4 aliphatic rings. The average molecular weight is 312 g/mol. The first-order valence-electron chi connectivity index (χ1n) is 9.34. The van der Waals surface area contributed by atoms with Crippen LogP contribution in [0.5, 0.6) is 0 Å². The first kappa shape index (κ1) is 15.5. The molecular formula is C21H28O2. The SMILES string of the molecule is C#C[C@@]1(O)CC[C@H]2[C@@H]3C[C@H](C)C4=CC(=O)CC[C@@H]4[C@H]3CC[C@@]21C. The van der Waals surface area contributed by atoms with Crippen molar-refractivity contribution in [2.75, 3.05) is 0 Å². The molecule has 0 heterocycles. The monoisotopic (exact) mass is 312 g/mol. The standard InChI is InChI=1S/C21H28O2/c1-4-21(23)10-8-19-18-11-13(2)17-12-14(22)5-6-15(17)16(18)7-9-20(19,21)3/h1,12-13,15-16,18-19,23H,5-11H2,2-3H3/t13-,15+,16+,18+,19-,20-,21+/m0/s1. The van der Waals surface area contributed by atoms with E-state index in [4.69, 9.17) is 6.42 Å². The van der Waals surface area contributed by atoms with Gasteiger partial charge in [0.1, 0.15) is 5.60 Å². The van der Waals surface area contributed by atoms with E-state index in [9.17, 15) is 9.90 Å². The number of terminal acetylenes is 1. The van der Waals surface area contributed by atoms with Crippen LogP contribution in [0.3, 0.4) is 0 Å². The van der Waals surface area contributed by atoms with E-state index in [2.05, 4.69) is 19.8 Å². The van der Waals surface area contributed by atoms with Crippen LogP contribution in [0.1, 0.15) is 58.8 Å². The van der Waals surface area contributed by atoms with Gasteiger partial charge in [0.15, 0.2) is 5.78 Å². The van der Waals surface area contributed by atoms with Crippen molar-refractivity contribution in [3.8, 4) is 12.3 Å². The molecule has 0 radical (unpaired) electrons. The fourth-order valence-electron chi connectivity index (χ4n) is 6.75. The maximum absolute atomic E-state index is 11.8. The van der Waals surface area contributed by atoms with Crippen LogP contribution in [0.2, 0.25) is 0 Å². The summed E-state index contributed by atoms with van der Waals surface area (Å²) in [6.45, 7) is 4.53. The molecule has 3 saturated carbocycles. The zero-order valence-electron chi connectivity index (χ0n) is 14.3. The molecule has 23 heavy (non-hydrogen) atoms. The Balaban J connectivity index is 1.69. The molecule has 2 nitrogen and oxygen atoms in total. The van der Waals surface area contributed by atoms with Gasteiger partial charge in [-0.25, -0.2) is 0 Å².